The van der Waals surface area contributed by atoms with Gasteiger partial charge < -0.3 is 10.2 Å². The van der Waals surface area contributed by atoms with E-state index in [0.29, 0.717) is 40.8 Å². The van der Waals surface area contributed by atoms with E-state index in [4.69, 9.17) is 0 Å². The highest BCUT2D eigenvalue weighted by Crippen LogP contribution is 2.29. The van der Waals surface area contributed by atoms with Gasteiger partial charge in [-0.25, -0.2) is 8.78 Å². The number of carbonyl (C=O) groups excluding carboxylic acids is 1. The molecule has 2 aromatic carbocycles. The molecule has 1 aliphatic heterocycles. The fraction of sp³-hybridized carbons (Fsp3) is 0.273. The van der Waals surface area contributed by atoms with Crippen LogP contribution in [0.5, 0.6) is 0 Å². The van der Waals surface area contributed by atoms with Crippen molar-refractivity contribution in [2.24, 2.45) is 0 Å². The Hall–Kier alpha value is -3.02. The number of rotatable bonds is 4. The molecular formula is C22H21F2N3O. The summed E-state index contributed by atoms with van der Waals surface area (Å²) in [6, 6.07) is 10.7. The van der Waals surface area contributed by atoms with E-state index in [-0.39, 0.29) is 18.3 Å². The number of carbonyl (C=O) groups is 1. The number of fused-ring (bicyclic) bond motifs is 1. The number of pyridine rings is 1. The number of amides is 1. The Morgan fingerprint density at radius 3 is 2.64 bits per heavy atom. The van der Waals surface area contributed by atoms with Crippen LogP contribution >= 0.6 is 0 Å². The molecule has 1 amide bonds. The van der Waals surface area contributed by atoms with Crippen molar-refractivity contribution >= 4 is 22.5 Å². The maximum atomic E-state index is 14.0. The average molecular weight is 381 g/mol. The Kier molecular flexibility index (Phi) is 5.19. The molecular weight excluding hydrogens is 360 g/mol. The highest BCUT2D eigenvalue weighted by Gasteiger charge is 2.23. The second-order valence-corrected chi connectivity index (χ2v) is 7.01. The molecule has 0 atom stereocenters. The van der Waals surface area contributed by atoms with Crippen LogP contribution in [-0.4, -0.2) is 28.9 Å². The minimum absolute atomic E-state index is 0.130. The molecule has 0 unspecified atom stereocenters. The van der Waals surface area contributed by atoms with Crippen molar-refractivity contribution in [2.75, 3.05) is 18.4 Å². The molecule has 0 radical (unpaired) electrons. The first-order chi connectivity index (χ1) is 13.6. The first-order valence-corrected chi connectivity index (χ1v) is 9.48. The third-order valence-corrected chi connectivity index (χ3v) is 5.12. The second-order valence-electron chi connectivity index (χ2n) is 7.01. The van der Waals surface area contributed by atoms with E-state index in [1.54, 1.807) is 29.2 Å². The first-order valence-electron chi connectivity index (χ1n) is 9.48. The van der Waals surface area contributed by atoms with Crippen molar-refractivity contribution in [3.63, 3.8) is 0 Å². The lowest BCUT2D eigenvalue weighted by Crippen LogP contribution is -2.36. The lowest BCUT2D eigenvalue weighted by molar-refractivity contribution is 0.0725. The molecule has 4 rings (SSSR count). The van der Waals surface area contributed by atoms with E-state index in [2.05, 4.69) is 10.3 Å². The molecule has 1 aromatic heterocycles. The summed E-state index contributed by atoms with van der Waals surface area (Å²) in [5, 5.41) is 3.68. The van der Waals surface area contributed by atoms with E-state index in [1.807, 2.05) is 0 Å². The Bertz CT molecular complexity index is 1020. The third-order valence-electron chi connectivity index (χ3n) is 5.12. The number of nitrogens with one attached hydrogen (secondary N) is 1. The smallest absolute Gasteiger partial charge is 0.257 e. The zero-order chi connectivity index (χ0) is 19.5. The van der Waals surface area contributed by atoms with Crippen LogP contribution in [0, 0.1) is 11.6 Å². The summed E-state index contributed by atoms with van der Waals surface area (Å²) in [4.78, 5) is 19.3. The van der Waals surface area contributed by atoms with Crippen molar-refractivity contribution in [1.82, 2.24) is 9.88 Å². The molecule has 2 heterocycles. The van der Waals surface area contributed by atoms with Gasteiger partial charge >= 0.3 is 0 Å². The van der Waals surface area contributed by atoms with Crippen LogP contribution in [0.3, 0.4) is 0 Å². The van der Waals surface area contributed by atoms with E-state index in [9.17, 15) is 13.6 Å². The number of piperidine rings is 1. The molecule has 1 aliphatic rings. The highest BCUT2D eigenvalue weighted by atomic mass is 19.1. The van der Waals surface area contributed by atoms with Crippen molar-refractivity contribution < 1.29 is 13.6 Å². The van der Waals surface area contributed by atoms with Crippen LogP contribution in [0.4, 0.5) is 14.5 Å². The quantitative estimate of drug-likeness (QED) is 0.709. The fourth-order valence-corrected chi connectivity index (χ4v) is 3.61. The highest BCUT2D eigenvalue weighted by molar-refractivity contribution is 6.07. The number of nitrogens with zero attached hydrogens (tertiary/aromatic N) is 2. The molecule has 0 bridgehead atoms. The number of likely N-dealkylation sites (tertiary alicyclic amines) is 1. The van der Waals surface area contributed by atoms with Gasteiger partial charge in [0.15, 0.2) is 0 Å². The number of hydrogen-bond acceptors (Lipinski definition) is 3. The number of benzene rings is 2. The van der Waals surface area contributed by atoms with E-state index >= 15 is 0 Å². The monoisotopic (exact) mass is 381 g/mol. The largest absolute Gasteiger partial charge is 0.380 e. The van der Waals surface area contributed by atoms with Gasteiger partial charge in [0, 0.05) is 36.8 Å². The summed E-state index contributed by atoms with van der Waals surface area (Å²) in [5.74, 6) is -0.872. The lowest BCUT2D eigenvalue weighted by Gasteiger charge is -2.27. The standard InChI is InChI=1S/C22H21F2N3O/c23-16-8-9-20-17(12-16)21(26-13-15-6-2-3-7-19(15)24)18(14-25-20)22(28)27-10-4-1-5-11-27/h2-3,6-9,12,14H,1,4-5,10-11,13H2,(H,25,26). The summed E-state index contributed by atoms with van der Waals surface area (Å²) in [6.07, 6.45) is 4.59. The van der Waals surface area contributed by atoms with Gasteiger partial charge in [0.05, 0.1) is 16.8 Å². The molecule has 1 fully saturated rings. The first kappa shape index (κ1) is 18.3. The van der Waals surface area contributed by atoms with Gasteiger partial charge in [-0.05, 0) is 43.5 Å². The van der Waals surface area contributed by atoms with Crippen molar-refractivity contribution in [2.45, 2.75) is 25.8 Å². The van der Waals surface area contributed by atoms with Crippen molar-refractivity contribution in [3.8, 4) is 0 Å². The number of aromatic nitrogens is 1. The molecule has 28 heavy (non-hydrogen) atoms. The molecule has 1 N–H and O–H groups in total. The van der Waals surface area contributed by atoms with Gasteiger partial charge in [-0.1, -0.05) is 18.2 Å². The van der Waals surface area contributed by atoms with Crippen LogP contribution in [0.1, 0.15) is 35.2 Å². The van der Waals surface area contributed by atoms with E-state index in [1.165, 1.54) is 24.4 Å². The Balaban J connectivity index is 1.74. The predicted molar refractivity (Wildman–Crippen MR) is 105 cm³/mol. The van der Waals surface area contributed by atoms with Crippen molar-refractivity contribution in [3.05, 3.63) is 71.4 Å². The molecule has 0 spiro atoms. The molecule has 4 nitrogen and oxygen atoms in total. The van der Waals surface area contributed by atoms with Gasteiger partial charge in [0.2, 0.25) is 0 Å². The number of hydrogen-bond donors (Lipinski definition) is 1. The van der Waals surface area contributed by atoms with E-state index < -0.39 is 5.82 Å². The van der Waals surface area contributed by atoms with E-state index in [0.717, 1.165) is 19.3 Å². The molecule has 1 saturated heterocycles. The summed E-state index contributed by atoms with van der Waals surface area (Å²) in [6.45, 7) is 1.59. The Labute approximate surface area is 162 Å². The van der Waals surface area contributed by atoms with Crippen LogP contribution in [0.2, 0.25) is 0 Å². The Morgan fingerprint density at radius 2 is 1.86 bits per heavy atom. The Morgan fingerprint density at radius 1 is 1.07 bits per heavy atom. The molecule has 144 valence electrons. The number of halogens is 2. The minimum atomic E-state index is -0.411. The summed E-state index contributed by atoms with van der Waals surface area (Å²) in [5.41, 5.74) is 1.92. The maximum absolute atomic E-state index is 14.0. The summed E-state index contributed by atoms with van der Waals surface area (Å²) >= 11 is 0. The van der Waals surface area contributed by atoms with Crippen LogP contribution in [-0.2, 0) is 6.54 Å². The van der Waals surface area contributed by atoms with Crippen molar-refractivity contribution in [1.29, 1.82) is 0 Å². The average Bonchev–Trinajstić information content (AvgIpc) is 2.73. The minimum Gasteiger partial charge on any atom is -0.380 e. The SMILES string of the molecule is O=C(c1cnc2ccc(F)cc2c1NCc1ccccc1F)N1CCCCC1. The fourth-order valence-electron chi connectivity index (χ4n) is 3.61. The summed E-state index contributed by atoms with van der Waals surface area (Å²) in [7, 11) is 0. The van der Waals surface area contributed by atoms with Crippen LogP contribution < -0.4 is 5.32 Å². The molecule has 0 aliphatic carbocycles. The normalized spacial score (nSPS) is 14.3. The molecule has 6 heteroatoms. The van der Waals surface area contributed by atoms with Gasteiger partial charge in [0.25, 0.3) is 5.91 Å². The zero-order valence-electron chi connectivity index (χ0n) is 15.4. The second kappa shape index (κ2) is 7.92. The van der Waals surface area contributed by atoms with Crippen LogP contribution in [0.25, 0.3) is 10.9 Å². The lowest BCUT2D eigenvalue weighted by atomic mass is 10.1. The zero-order valence-corrected chi connectivity index (χ0v) is 15.4. The number of anilines is 1. The van der Waals surface area contributed by atoms with Gasteiger partial charge in [-0.2, -0.15) is 0 Å². The molecule has 3 aromatic rings. The maximum Gasteiger partial charge on any atom is 0.257 e. The summed E-state index contributed by atoms with van der Waals surface area (Å²) < 4.78 is 28.0. The topological polar surface area (TPSA) is 45.2 Å². The van der Waals surface area contributed by atoms with Crippen LogP contribution in [0.15, 0.2) is 48.7 Å². The predicted octanol–water partition coefficient (Wildman–Crippen LogP) is 4.75. The molecule has 0 saturated carbocycles. The van der Waals surface area contributed by atoms with Gasteiger partial charge in [0.1, 0.15) is 11.6 Å². The van der Waals surface area contributed by atoms with Gasteiger partial charge in [-0.15, -0.1) is 0 Å². The third kappa shape index (κ3) is 3.67. The van der Waals surface area contributed by atoms with Gasteiger partial charge in [-0.3, -0.25) is 9.78 Å².